The molecule has 0 heterocycles. The number of halogens is 3. The lowest BCUT2D eigenvalue weighted by molar-refractivity contribution is 0.386. The van der Waals surface area contributed by atoms with Crippen molar-refractivity contribution in [3.05, 3.63) is 64.4 Å². The Labute approximate surface area is 169 Å². The molecular weight excluding hydrogens is 456 g/mol. The molecule has 0 saturated carbocycles. The zero-order valence-electron chi connectivity index (χ0n) is 14.2. The van der Waals surface area contributed by atoms with E-state index in [2.05, 4.69) is 15.6 Å². The third-order valence-electron chi connectivity index (χ3n) is 3.52. The fourth-order valence-electron chi connectivity index (χ4n) is 2.20. The molecule has 2 N–H and O–H groups in total. The van der Waals surface area contributed by atoms with Gasteiger partial charge in [0.2, 0.25) is 0 Å². The Morgan fingerprint density at radius 3 is 2.40 bits per heavy atom. The molecule has 0 spiro atoms. The monoisotopic (exact) mass is 477 g/mol. The molecule has 0 aliphatic carbocycles. The summed E-state index contributed by atoms with van der Waals surface area (Å²) in [4.78, 5) is 4.16. The minimum Gasteiger partial charge on any atom is -0.494 e. The molecule has 0 saturated heterocycles. The van der Waals surface area contributed by atoms with E-state index in [1.54, 1.807) is 13.1 Å². The topological polar surface area (TPSA) is 45.7 Å². The SMILES string of the molecule is CN=C(NCCc1ccc(Cl)cc1)NCc1ccc(OC)c(F)c1.I. The number of rotatable bonds is 6. The molecule has 136 valence electrons. The van der Waals surface area contributed by atoms with Crippen molar-refractivity contribution in [3.63, 3.8) is 0 Å². The van der Waals surface area contributed by atoms with Crippen molar-refractivity contribution in [3.8, 4) is 5.75 Å². The van der Waals surface area contributed by atoms with Gasteiger partial charge in [-0.25, -0.2) is 4.39 Å². The average molecular weight is 478 g/mol. The number of benzene rings is 2. The first-order valence-electron chi connectivity index (χ1n) is 7.63. The highest BCUT2D eigenvalue weighted by Crippen LogP contribution is 2.17. The molecule has 0 bridgehead atoms. The van der Waals surface area contributed by atoms with Crippen LogP contribution in [0.15, 0.2) is 47.5 Å². The van der Waals surface area contributed by atoms with Crippen molar-refractivity contribution in [2.24, 2.45) is 4.99 Å². The maximum Gasteiger partial charge on any atom is 0.191 e. The summed E-state index contributed by atoms with van der Waals surface area (Å²) in [6.45, 7) is 1.21. The lowest BCUT2D eigenvalue weighted by Gasteiger charge is -2.12. The summed E-state index contributed by atoms with van der Waals surface area (Å²) in [6, 6.07) is 12.6. The number of ether oxygens (including phenoxy) is 1. The Morgan fingerprint density at radius 1 is 1.12 bits per heavy atom. The quantitative estimate of drug-likeness (QED) is 0.375. The molecule has 2 rings (SSSR count). The van der Waals surface area contributed by atoms with Crippen molar-refractivity contribution in [1.82, 2.24) is 10.6 Å². The van der Waals surface area contributed by atoms with Crippen LogP contribution in [0, 0.1) is 5.82 Å². The molecular formula is C18H22ClFIN3O. The molecule has 4 nitrogen and oxygen atoms in total. The Bertz CT molecular complexity index is 695. The summed E-state index contributed by atoms with van der Waals surface area (Å²) in [7, 11) is 3.15. The highest BCUT2D eigenvalue weighted by Gasteiger charge is 2.04. The molecule has 0 atom stereocenters. The van der Waals surface area contributed by atoms with Gasteiger partial charge in [0.05, 0.1) is 7.11 Å². The fourth-order valence-corrected chi connectivity index (χ4v) is 2.33. The van der Waals surface area contributed by atoms with Crippen LogP contribution in [-0.2, 0) is 13.0 Å². The highest BCUT2D eigenvalue weighted by molar-refractivity contribution is 14.0. The van der Waals surface area contributed by atoms with Gasteiger partial charge in [-0.2, -0.15) is 0 Å². The van der Waals surface area contributed by atoms with Gasteiger partial charge in [-0.15, -0.1) is 24.0 Å². The van der Waals surface area contributed by atoms with Gasteiger partial charge < -0.3 is 15.4 Å². The van der Waals surface area contributed by atoms with Gasteiger partial charge in [-0.05, 0) is 41.8 Å². The standard InChI is InChI=1S/C18H21ClFN3O.HI/c1-21-18(22-10-9-13-3-6-15(19)7-4-13)23-12-14-5-8-17(24-2)16(20)11-14;/h3-8,11H,9-10,12H2,1-2H3,(H2,21,22,23);1H. The van der Waals surface area contributed by atoms with Gasteiger partial charge in [-0.3, -0.25) is 4.99 Å². The summed E-state index contributed by atoms with van der Waals surface area (Å²) < 4.78 is 18.6. The zero-order chi connectivity index (χ0) is 17.4. The minimum atomic E-state index is -0.373. The lowest BCUT2D eigenvalue weighted by Crippen LogP contribution is -2.37. The number of nitrogens with one attached hydrogen (secondary N) is 2. The van der Waals surface area contributed by atoms with Crippen LogP contribution >= 0.6 is 35.6 Å². The second-order valence-electron chi connectivity index (χ2n) is 5.20. The van der Waals surface area contributed by atoms with Gasteiger partial charge in [0.15, 0.2) is 17.5 Å². The van der Waals surface area contributed by atoms with E-state index in [1.165, 1.54) is 18.7 Å². The van der Waals surface area contributed by atoms with Gasteiger partial charge in [0.1, 0.15) is 0 Å². The van der Waals surface area contributed by atoms with Crippen molar-refractivity contribution < 1.29 is 9.13 Å². The van der Waals surface area contributed by atoms with Crippen LogP contribution in [0.3, 0.4) is 0 Å². The third kappa shape index (κ3) is 7.07. The van der Waals surface area contributed by atoms with Crippen molar-refractivity contribution in [1.29, 1.82) is 0 Å². The van der Waals surface area contributed by atoms with Crippen LogP contribution < -0.4 is 15.4 Å². The van der Waals surface area contributed by atoms with Crippen molar-refractivity contribution in [2.75, 3.05) is 20.7 Å². The minimum absolute atomic E-state index is 0. The molecule has 25 heavy (non-hydrogen) atoms. The van der Waals surface area contributed by atoms with E-state index in [4.69, 9.17) is 16.3 Å². The highest BCUT2D eigenvalue weighted by atomic mass is 127. The molecule has 2 aromatic rings. The molecule has 7 heteroatoms. The predicted octanol–water partition coefficient (Wildman–Crippen LogP) is 4.01. The maximum atomic E-state index is 13.7. The van der Waals surface area contributed by atoms with Gasteiger partial charge in [0.25, 0.3) is 0 Å². The predicted molar refractivity (Wildman–Crippen MR) is 112 cm³/mol. The summed E-state index contributed by atoms with van der Waals surface area (Å²) in [5.41, 5.74) is 2.01. The van der Waals surface area contributed by atoms with E-state index >= 15 is 0 Å². The number of nitrogens with zero attached hydrogens (tertiary/aromatic N) is 1. The number of methoxy groups -OCH3 is 1. The second-order valence-corrected chi connectivity index (χ2v) is 5.63. The zero-order valence-corrected chi connectivity index (χ0v) is 17.3. The summed E-state index contributed by atoms with van der Waals surface area (Å²) in [6.07, 6.45) is 0.856. The maximum absolute atomic E-state index is 13.7. The summed E-state index contributed by atoms with van der Waals surface area (Å²) >= 11 is 5.87. The molecule has 0 aromatic heterocycles. The Hall–Kier alpha value is -1.54. The molecule has 0 aliphatic rings. The Balaban J connectivity index is 0.00000312. The largest absolute Gasteiger partial charge is 0.494 e. The number of hydrogen-bond donors (Lipinski definition) is 2. The Kier molecular flexibility index (Phi) is 9.59. The van der Waals surface area contributed by atoms with Crippen LogP contribution in [-0.4, -0.2) is 26.7 Å². The van der Waals surface area contributed by atoms with E-state index in [0.717, 1.165) is 23.6 Å². The molecule has 0 aliphatic heterocycles. The smallest absolute Gasteiger partial charge is 0.191 e. The second kappa shape index (κ2) is 11.1. The molecule has 0 amide bonds. The van der Waals surface area contributed by atoms with Gasteiger partial charge in [0, 0.05) is 25.2 Å². The van der Waals surface area contributed by atoms with E-state index in [9.17, 15) is 4.39 Å². The van der Waals surface area contributed by atoms with Crippen LogP contribution in [0.1, 0.15) is 11.1 Å². The molecule has 2 aromatic carbocycles. The van der Waals surface area contributed by atoms with Crippen molar-refractivity contribution >= 4 is 41.5 Å². The van der Waals surface area contributed by atoms with E-state index in [0.29, 0.717) is 12.5 Å². The summed E-state index contributed by atoms with van der Waals surface area (Å²) in [5, 5.41) is 7.12. The van der Waals surface area contributed by atoms with Gasteiger partial charge >= 0.3 is 0 Å². The lowest BCUT2D eigenvalue weighted by atomic mass is 10.1. The van der Waals surface area contributed by atoms with Crippen LogP contribution in [0.4, 0.5) is 4.39 Å². The van der Waals surface area contributed by atoms with Crippen LogP contribution in [0.2, 0.25) is 5.02 Å². The first kappa shape index (κ1) is 21.5. The number of hydrogen-bond acceptors (Lipinski definition) is 2. The first-order valence-corrected chi connectivity index (χ1v) is 8.01. The Morgan fingerprint density at radius 2 is 1.80 bits per heavy atom. The third-order valence-corrected chi connectivity index (χ3v) is 3.77. The molecule has 0 fully saturated rings. The van der Waals surface area contributed by atoms with Gasteiger partial charge in [-0.1, -0.05) is 29.8 Å². The van der Waals surface area contributed by atoms with E-state index in [1.807, 2.05) is 30.3 Å². The average Bonchev–Trinajstić information content (AvgIpc) is 2.59. The fraction of sp³-hybridized carbons (Fsp3) is 0.278. The normalized spacial score (nSPS) is 10.8. The number of guanidine groups is 1. The molecule has 0 radical (unpaired) electrons. The van der Waals surface area contributed by atoms with E-state index < -0.39 is 0 Å². The number of aliphatic imine (C=N–C) groups is 1. The summed E-state index contributed by atoms with van der Waals surface area (Å²) in [5.74, 6) is 0.534. The van der Waals surface area contributed by atoms with Crippen molar-refractivity contribution in [2.45, 2.75) is 13.0 Å². The molecule has 0 unspecified atom stereocenters. The van der Waals surface area contributed by atoms with Crippen LogP contribution in [0.25, 0.3) is 0 Å². The first-order chi connectivity index (χ1) is 11.6. The van der Waals surface area contributed by atoms with Crippen LogP contribution in [0.5, 0.6) is 5.75 Å². The van der Waals surface area contributed by atoms with E-state index in [-0.39, 0.29) is 35.5 Å².